The quantitative estimate of drug-likeness (QED) is 0.529. The zero-order chi connectivity index (χ0) is 23.9. The van der Waals surface area contributed by atoms with Crippen LogP contribution in [0.1, 0.15) is 29.7 Å². The highest BCUT2D eigenvalue weighted by Gasteiger charge is 2.69. The number of thiazole rings is 1. The minimum atomic E-state index is -1.20. The molecule has 1 aromatic carbocycles. The summed E-state index contributed by atoms with van der Waals surface area (Å²) in [5.41, 5.74) is 0.885. The van der Waals surface area contributed by atoms with Crippen molar-refractivity contribution >= 4 is 40.9 Å². The van der Waals surface area contributed by atoms with Crippen LogP contribution in [0.3, 0.4) is 0 Å². The second-order valence-corrected chi connectivity index (χ2v) is 11.5. The average molecular weight is 503 g/mol. The SMILES string of the molecule is CCOc1cc(C2c3sc(=O)[nH]c3SC3C4CC(C5C(=O)N(CC(=O)O)C(=O)C45)C23)ccc1O. The Balaban J connectivity index is 1.45. The Bertz CT molecular complexity index is 1290. The molecule has 2 aromatic rings. The van der Waals surface area contributed by atoms with Gasteiger partial charge in [0.25, 0.3) is 0 Å². The first-order chi connectivity index (χ1) is 16.3. The second kappa shape index (κ2) is 7.61. The summed E-state index contributed by atoms with van der Waals surface area (Å²) in [6, 6.07) is 5.21. The number of H-pyrrole nitrogens is 1. The topological polar surface area (TPSA) is 137 Å². The van der Waals surface area contributed by atoms with Gasteiger partial charge in [0.15, 0.2) is 11.5 Å². The number of nitrogens with zero attached hydrogens (tertiary/aromatic N) is 1. The number of nitrogens with one attached hydrogen (secondary N) is 1. The summed E-state index contributed by atoms with van der Waals surface area (Å²) < 4.78 is 5.60. The van der Waals surface area contributed by atoms with Gasteiger partial charge in [-0.25, -0.2) is 0 Å². The number of likely N-dealkylation sites (tertiary alicyclic amines) is 1. The van der Waals surface area contributed by atoms with Crippen molar-refractivity contribution in [2.24, 2.45) is 29.6 Å². The van der Waals surface area contributed by atoms with Gasteiger partial charge in [0.05, 0.1) is 23.5 Å². The molecule has 1 saturated heterocycles. The number of aromatic hydroxyl groups is 1. The van der Waals surface area contributed by atoms with Crippen molar-refractivity contribution in [3.8, 4) is 11.5 Å². The number of carboxylic acid groups (broad SMARTS) is 1. The van der Waals surface area contributed by atoms with Gasteiger partial charge in [-0.15, -0.1) is 11.8 Å². The molecule has 2 aliphatic carbocycles. The third-order valence-corrected chi connectivity index (χ3v) is 10.3. The van der Waals surface area contributed by atoms with Crippen LogP contribution < -0.4 is 9.61 Å². The molecule has 178 valence electrons. The summed E-state index contributed by atoms with van der Waals surface area (Å²) in [4.78, 5) is 54.5. The third kappa shape index (κ3) is 2.92. The minimum absolute atomic E-state index is 0.00394. The molecule has 2 saturated carbocycles. The largest absolute Gasteiger partial charge is 0.504 e. The number of aromatic amines is 1. The smallest absolute Gasteiger partial charge is 0.323 e. The van der Waals surface area contributed by atoms with Gasteiger partial charge in [0.1, 0.15) is 6.54 Å². The molecule has 4 aliphatic rings. The van der Waals surface area contributed by atoms with E-state index in [-0.39, 0.29) is 51.4 Å². The first-order valence-corrected chi connectivity index (χ1v) is 12.9. The minimum Gasteiger partial charge on any atom is -0.504 e. The van der Waals surface area contributed by atoms with Crippen molar-refractivity contribution in [1.82, 2.24) is 9.88 Å². The molecular formula is C23H22N2O7S2. The lowest BCUT2D eigenvalue weighted by Crippen LogP contribution is -2.42. The second-order valence-electron chi connectivity index (χ2n) is 9.28. The third-order valence-electron chi connectivity index (χ3n) is 7.75. The van der Waals surface area contributed by atoms with Crippen molar-refractivity contribution < 1.29 is 29.3 Å². The van der Waals surface area contributed by atoms with E-state index >= 15 is 0 Å². The van der Waals surface area contributed by atoms with Crippen LogP contribution in [0.25, 0.3) is 0 Å². The number of amides is 2. The lowest BCUT2D eigenvalue weighted by atomic mass is 9.68. The van der Waals surface area contributed by atoms with E-state index in [0.717, 1.165) is 38.1 Å². The lowest BCUT2D eigenvalue weighted by molar-refractivity contribution is -0.149. The number of rotatable bonds is 5. The van der Waals surface area contributed by atoms with Crippen LogP contribution in [0.5, 0.6) is 11.5 Å². The van der Waals surface area contributed by atoms with Crippen LogP contribution in [-0.2, 0) is 14.4 Å². The molecule has 11 heteroatoms. The lowest BCUT2D eigenvalue weighted by Gasteiger charge is -2.43. The summed E-state index contributed by atoms with van der Waals surface area (Å²) in [5, 5.41) is 20.2. The van der Waals surface area contributed by atoms with Crippen LogP contribution in [0, 0.1) is 29.6 Å². The van der Waals surface area contributed by atoms with Gasteiger partial charge >= 0.3 is 10.8 Å². The fourth-order valence-corrected chi connectivity index (χ4v) is 9.63. The number of aromatic nitrogens is 1. The summed E-state index contributed by atoms with van der Waals surface area (Å²) >= 11 is 2.72. The predicted octanol–water partition coefficient (Wildman–Crippen LogP) is 2.10. The van der Waals surface area contributed by atoms with Crippen molar-refractivity contribution in [3.05, 3.63) is 38.3 Å². The number of aliphatic carboxylic acids is 1. The number of hydrogen-bond donors (Lipinski definition) is 3. The Hall–Kier alpha value is -2.79. The van der Waals surface area contributed by atoms with E-state index < -0.39 is 24.3 Å². The van der Waals surface area contributed by atoms with Gasteiger partial charge in [-0.2, -0.15) is 0 Å². The number of phenolic OH excluding ortho intramolecular Hbond substituents is 1. The van der Waals surface area contributed by atoms with Crippen molar-refractivity contribution in [3.63, 3.8) is 0 Å². The van der Waals surface area contributed by atoms with Gasteiger partial charge in [0, 0.05) is 16.0 Å². The number of phenols is 1. The highest BCUT2D eigenvalue weighted by atomic mass is 32.2. The summed E-state index contributed by atoms with van der Waals surface area (Å²) in [7, 11) is 0. The fraction of sp³-hybridized carbons (Fsp3) is 0.478. The van der Waals surface area contributed by atoms with Crippen LogP contribution in [-0.4, -0.2) is 56.3 Å². The van der Waals surface area contributed by atoms with Crippen LogP contribution in [0.2, 0.25) is 0 Å². The van der Waals surface area contributed by atoms with Crippen LogP contribution in [0.4, 0.5) is 0 Å². The molecule has 1 aromatic heterocycles. The number of carboxylic acids is 1. The molecule has 3 fully saturated rings. The van der Waals surface area contributed by atoms with Gasteiger partial charge < -0.3 is 19.9 Å². The Morgan fingerprint density at radius 3 is 2.65 bits per heavy atom. The molecule has 0 radical (unpaired) electrons. The van der Waals surface area contributed by atoms with E-state index in [1.165, 1.54) is 0 Å². The Morgan fingerprint density at radius 2 is 1.94 bits per heavy atom. The Morgan fingerprint density at radius 1 is 1.21 bits per heavy atom. The van der Waals surface area contributed by atoms with E-state index in [2.05, 4.69) is 4.98 Å². The maximum atomic E-state index is 13.2. The van der Waals surface area contributed by atoms with Crippen LogP contribution in [0.15, 0.2) is 28.0 Å². The molecule has 2 amide bonds. The highest BCUT2D eigenvalue weighted by Crippen LogP contribution is 2.68. The predicted molar refractivity (Wildman–Crippen MR) is 122 cm³/mol. The van der Waals surface area contributed by atoms with E-state index in [4.69, 9.17) is 4.74 Å². The number of benzene rings is 1. The zero-order valence-electron chi connectivity index (χ0n) is 18.1. The number of thioether (sulfide) groups is 1. The maximum Gasteiger partial charge on any atom is 0.323 e. The van der Waals surface area contributed by atoms with E-state index in [1.54, 1.807) is 23.9 Å². The first-order valence-electron chi connectivity index (χ1n) is 11.2. The molecule has 7 atom stereocenters. The van der Waals surface area contributed by atoms with Crippen molar-refractivity contribution in [2.75, 3.05) is 13.2 Å². The van der Waals surface area contributed by atoms with Gasteiger partial charge in [-0.1, -0.05) is 17.4 Å². The molecule has 2 bridgehead atoms. The molecule has 0 spiro atoms. The monoisotopic (exact) mass is 502 g/mol. The molecule has 7 unspecified atom stereocenters. The number of carbonyl (C=O) groups is 3. The highest BCUT2D eigenvalue weighted by molar-refractivity contribution is 8.00. The summed E-state index contributed by atoms with van der Waals surface area (Å²) in [6.45, 7) is 1.61. The number of fused-ring (bicyclic) bond motifs is 9. The number of hydrogen-bond acceptors (Lipinski definition) is 8. The summed E-state index contributed by atoms with van der Waals surface area (Å²) in [5.74, 6) is -2.97. The van der Waals surface area contributed by atoms with Gasteiger partial charge in [-0.3, -0.25) is 24.1 Å². The molecule has 6 rings (SSSR count). The summed E-state index contributed by atoms with van der Waals surface area (Å²) in [6.07, 6.45) is 0.724. The molecular weight excluding hydrogens is 480 g/mol. The number of carbonyl (C=O) groups excluding carboxylic acids is 2. The molecule has 9 nitrogen and oxygen atoms in total. The number of imide groups is 1. The van der Waals surface area contributed by atoms with Crippen molar-refractivity contribution in [1.29, 1.82) is 0 Å². The van der Waals surface area contributed by atoms with E-state index in [9.17, 15) is 29.4 Å². The average Bonchev–Trinajstić information content (AvgIpc) is 3.51. The van der Waals surface area contributed by atoms with Gasteiger partial charge in [0.2, 0.25) is 11.8 Å². The van der Waals surface area contributed by atoms with Gasteiger partial charge in [-0.05, 0) is 48.8 Å². The zero-order valence-corrected chi connectivity index (χ0v) is 19.7. The van der Waals surface area contributed by atoms with Crippen LogP contribution >= 0.6 is 23.1 Å². The Kier molecular flexibility index (Phi) is 4.86. The molecule has 34 heavy (non-hydrogen) atoms. The molecule has 3 heterocycles. The Labute approximate surface area is 202 Å². The number of ether oxygens (including phenoxy) is 1. The maximum absolute atomic E-state index is 13.2. The van der Waals surface area contributed by atoms with Crippen molar-refractivity contribution in [2.45, 2.75) is 29.5 Å². The van der Waals surface area contributed by atoms with E-state index in [0.29, 0.717) is 12.4 Å². The first kappa shape index (κ1) is 21.7. The molecule has 3 N–H and O–H groups in total. The fourth-order valence-electron chi connectivity index (χ4n) is 6.74. The standard InChI is InChI=1S/C23H22N2O7S2/c1-2-32-12-5-8(3-4-11(12)26)14-15-9-6-10(18(15)33-20-19(14)34-23(31)24-20)17-16(9)21(29)25(22(17)30)7-13(27)28/h3-5,9-10,14-18,26H,2,6-7H2,1H3,(H,24,31)(H,27,28). The van der Waals surface area contributed by atoms with E-state index in [1.807, 2.05) is 13.0 Å². The normalized spacial score (nSPS) is 33.1. The molecule has 2 aliphatic heterocycles.